The Morgan fingerprint density at radius 2 is 2.41 bits per heavy atom. The van der Waals surface area contributed by atoms with Crippen LogP contribution in [0.4, 0.5) is 5.82 Å². The summed E-state index contributed by atoms with van der Waals surface area (Å²) in [5, 5.41) is 0. The molecule has 0 spiro atoms. The number of aryl methyl sites for hydroxylation is 1. The number of nitrogens with zero attached hydrogens (tertiary/aromatic N) is 2. The summed E-state index contributed by atoms with van der Waals surface area (Å²) >= 11 is 0. The molecule has 0 aromatic carbocycles. The lowest BCUT2D eigenvalue weighted by atomic mass is 10.2. The van der Waals surface area contributed by atoms with E-state index in [0.717, 1.165) is 30.8 Å². The Morgan fingerprint density at radius 1 is 1.59 bits per heavy atom. The Morgan fingerprint density at radius 3 is 3.06 bits per heavy atom. The van der Waals surface area contributed by atoms with Gasteiger partial charge >= 0.3 is 5.97 Å². The van der Waals surface area contributed by atoms with Crippen LogP contribution in [0, 0.1) is 6.92 Å². The van der Waals surface area contributed by atoms with Crippen LogP contribution in [-0.4, -0.2) is 30.1 Å². The van der Waals surface area contributed by atoms with Gasteiger partial charge in [0.15, 0.2) is 0 Å². The summed E-state index contributed by atoms with van der Waals surface area (Å²) in [6.45, 7) is 5.15. The second kappa shape index (κ2) is 5.17. The quantitative estimate of drug-likeness (QED) is 0.749. The van der Waals surface area contributed by atoms with Gasteiger partial charge in [-0.2, -0.15) is 0 Å². The predicted molar refractivity (Wildman–Crippen MR) is 66.0 cm³/mol. The van der Waals surface area contributed by atoms with Gasteiger partial charge in [-0.1, -0.05) is 6.07 Å². The number of hydrogen-bond acceptors (Lipinski definition) is 4. The minimum absolute atomic E-state index is 0.132. The molecule has 4 heteroatoms. The van der Waals surface area contributed by atoms with Crippen LogP contribution in [0.25, 0.3) is 0 Å². The summed E-state index contributed by atoms with van der Waals surface area (Å²) in [6.07, 6.45) is 3.70. The number of anilines is 1. The van der Waals surface area contributed by atoms with E-state index in [9.17, 15) is 4.79 Å². The van der Waals surface area contributed by atoms with Crippen molar-refractivity contribution in [2.45, 2.75) is 32.7 Å². The maximum atomic E-state index is 11.8. The zero-order valence-corrected chi connectivity index (χ0v) is 10.3. The number of rotatable bonds is 3. The lowest BCUT2D eigenvalue weighted by Gasteiger charge is -2.23. The number of ether oxygens (including phenoxy) is 1. The maximum absolute atomic E-state index is 11.8. The molecule has 1 aromatic heterocycles. The Bertz CT molecular complexity index is 389. The van der Waals surface area contributed by atoms with Gasteiger partial charge in [-0.05, 0) is 38.3 Å². The fourth-order valence-electron chi connectivity index (χ4n) is 2.15. The zero-order chi connectivity index (χ0) is 12.3. The van der Waals surface area contributed by atoms with E-state index in [1.807, 2.05) is 37.1 Å². The fourth-order valence-corrected chi connectivity index (χ4v) is 2.15. The van der Waals surface area contributed by atoms with Gasteiger partial charge in [-0.25, -0.2) is 9.78 Å². The highest BCUT2D eigenvalue weighted by atomic mass is 16.5. The van der Waals surface area contributed by atoms with Crippen molar-refractivity contribution in [3.8, 4) is 0 Å². The van der Waals surface area contributed by atoms with Crippen LogP contribution in [0.3, 0.4) is 0 Å². The van der Waals surface area contributed by atoms with Crippen molar-refractivity contribution in [3.63, 3.8) is 0 Å². The van der Waals surface area contributed by atoms with Crippen LogP contribution in [0.1, 0.15) is 25.3 Å². The van der Waals surface area contributed by atoms with Crippen molar-refractivity contribution in [3.05, 3.63) is 23.9 Å². The van der Waals surface area contributed by atoms with Crippen molar-refractivity contribution in [2.75, 3.05) is 18.1 Å². The smallest absolute Gasteiger partial charge is 0.328 e. The molecular weight excluding hydrogens is 216 g/mol. The van der Waals surface area contributed by atoms with Gasteiger partial charge in [0.2, 0.25) is 0 Å². The van der Waals surface area contributed by atoms with E-state index in [2.05, 4.69) is 4.98 Å². The third-order valence-corrected chi connectivity index (χ3v) is 3.00. The van der Waals surface area contributed by atoms with E-state index in [-0.39, 0.29) is 12.0 Å². The summed E-state index contributed by atoms with van der Waals surface area (Å²) in [4.78, 5) is 18.2. The van der Waals surface area contributed by atoms with Crippen molar-refractivity contribution in [1.29, 1.82) is 0 Å². The number of hydrogen-bond donors (Lipinski definition) is 0. The Labute approximate surface area is 102 Å². The molecule has 0 radical (unpaired) electrons. The van der Waals surface area contributed by atoms with Gasteiger partial charge < -0.3 is 9.64 Å². The van der Waals surface area contributed by atoms with Crippen molar-refractivity contribution in [2.24, 2.45) is 0 Å². The second-order valence-electron chi connectivity index (χ2n) is 4.30. The average Bonchev–Trinajstić information content (AvgIpc) is 2.79. The summed E-state index contributed by atoms with van der Waals surface area (Å²) in [7, 11) is 0. The highest BCUT2D eigenvalue weighted by Gasteiger charge is 2.32. The molecule has 1 unspecified atom stereocenters. The van der Waals surface area contributed by atoms with E-state index >= 15 is 0 Å². The Kier molecular flexibility index (Phi) is 3.61. The first-order valence-corrected chi connectivity index (χ1v) is 6.08. The Hall–Kier alpha value is -1.58. The van der Waals surface area contributed by atoms with E-state index < -0.39 is 0 Å². The molecule has 0 aliphatic carbocycles. The predicted octanol–water partition coefficient (Wildman–Crippen LogP) is 1.92. The summed E-state index contributed by atoms with van der Waals surface area (Å²) in [5.41, 5.74) is 1.13. The van der Waals surface area contributed by atoms with E-state index in [1.165, 1.54) is 0 Å². The lowest BCUT2D eigenvalue weighted by Crippen LogP contribution is -2.37. The monoisotopic (exact) mass is 234 g/mol. The zero-order valence-electron chi connectivity index (χ0n) is 10.3. The lowest BCUT2D eigenvalue weighted by molar-refractivity contribution is -0.144. The van der Waals surface area contributed by atoms with Crippen LogP contribution < -0.4 is 4.90 Å². The van der Waals surface area contributed by atoms with Crippen LogP contribution in [-0.2, 0) is 9.53 Å². The van der Waals surface area contributed by atoms with E-state index in [0.29, 0.717) is 6.61 Å². The molecule has 92 valence electrons. The van der Waals surface area contributed by atoms with Gasteiger partial charge in [0, 0.05) is 12.7 Å². The van der Waals surface area contributed by atoms with Crippen LogP contribution in [0.5, 0.6) is 0 Å². The molecule has 17 heavy (non-hydrogen) atoms. The first-order chi connectivity index (χ1) is 8.22. The average molecular weight is 234 g/mol. The summed E-state index contributed by atoms with van der Waals surface area (Å²) in [5.74, 6) is 0.735. The van der Waals surface area contributed by atoms with Crippen molar-refractivity contribution < 1.29 is 9.53 Å². The largest absolute Gasteiger partial charge is 0.464 e. The SMILES string of the molecule is CCOC(=O)C1CCCN1c1ccc(C)cn1. The van der Waals surface area contributed by atoms with Gasteiger partial charge in [-0.3, -0.25) is 0 Å². The molecule has 0 saturated carbocycles. The van der Waals surface area contributed by atoms with Crippen LogP contribution in [0.15, 0.2) is 18.3 Å². The normalized spacial score (nSPS) is 19.4. The number of carbonyl (C=O) groups excluding carboxylic acids is 1. The molecule has 1 saturated heterocycles. The third-order valence-electron chi connectivity index (χ3n) is 3.00. The molecule has 1 aliphatic rings. The molecule has 4 nitrogen and oxygen atoms in total. The van der Waals surface area contributed by atoms with Gasteiger partial charge in [-0.15, -0.1) is 0 Å². The molecule has 1 atom stereocenters. The highest BCUT2D eigenvalue weighted by molar-refractivity contribution is 5.80. The highest BCUT2D eigenvalue weighted by Crippen LogP contribution is 2.24. The fraction of sp³-hybridized carbons (Fsp3) is 0.538. The van der Waals surface area contributed by atoms with Crippen molar-refractivity contribution in [1.82, 2.24) is 4.98 Å². The standard InChI is InChI=1S/C13H18N2O2/c1-3-17-13(16)11-5-4-8-15(11)12-7-6-10(2)9-14-12/h6-7,9,11H,3-5,8H2,1-2H3. The van der Waals surface area contributed by atoms with Gasteiger partial charge in [0.25, 0.3) is 0 Å². The molecule has 0 amide bonds. The molecule has 1 aliphatic heterocycles. The number of carbonyl (C=O) groups is 1. The minimum atomic E-state index is -0.162. The summed E-state index contributed by atoms with van der Waals surface area (Å²) in [6, 6.07) is 3.82. The number of pyridine rings is 1. The van der Waals surface area contributed by atoms with E-state index in [4.69, 9.17) is 4.74 Å². The van der Waals surface area contributed by atoms with Crippen LogP contribution >= 0.6 is 0 Å². The molecule has 0 N–H and O–H groups in total. The number of esters is 1. The Balaban J connectivity index is 2.14. The topological polar surface area (TPSA) is 42.4 Å². The van der Waals surface area contributed by atoms with E-state index in [1.54, 1.807) is 0 Å². The first-order valence-electron chi connectivity index (χ1n) is 6.08. The molecular formula is C13H18N2O2. The second-order valence-corrected chi connectivity index (χ2v) is 4.30. The van der Waals surface area contributed by atoms with Crippen molar-refractivity contribution >= 4 is 11.8 Å². The van der Waals surface area contributed by atoms with Gasteiger partial charge in [0.05, 0.1) is 6.61 Å². The van der Waals surface area contributed by atoms with Crippen LogP contribution in [0.2, 0.25) is 0 Å². The molecule has 1 aromatic rings. The molecule has 2 rings (SSSR count). The molecule has 0 bridgehead atoms. The third kappa shape index (κ3) is 2.57. The van der Waals surface area contributed by atoms with Gasteiger partial charge in [0.1, 0.15) is 11.9 Å². The number of aromatic nitrogens is 1. The minimum Gasteiger partial charge on any atom is -0.464 e. The molecule has 2 heterocycles. The first kappa shape index (κ1) is 11.9. The molecule has 1 fully saturated rings. The maximum Gasteiger partial charge on any atom is 0.328 e. The summed E-state index contributed by atoms with van der Waals surface area (Å²) < 4.78 is 5.09.